The summed E-state index contributed by atoms with van der Waals surface area (Å²) in [7, 11) is -3.76. The molecule has 2 aromatic heterocycles. The fourth-order valence-corrected chi connectivity index (χ4v) is 5.58. The van der Waals surface area contributed by atoms with E-state index in [2.05, 4.69) is 15.2 Å². The zero-order chi connectivity index (χ0) is 17.4. The van der Waals surface area contributed by atoms with Crippen LogP contribution in [0.3, 0.4) is 0 Å². The van der Waals surface area contributed by atoms with Gasteiger partial charge in [-0.2, -0.15) is 0 Å². The van der Waals surface area contributed by atoms with Crippen LogP contribution in [0.15, 0.2) is 51.8 Å². The number of nitrogens with zero attached hydrogens (tertiary/aromatic N) is 3. The topological polar surface area (TPSA) is 96.0 Å². The molecule has 1 amide bonds. The molecule has 4 rings (SSSR count). The van der Waals surface area contributed by atoms with E-state index in [1.54, 1.807) is 23.5 Å². The normalized spacial score (nSPS) is 15.5. The van der Waals surface area contributed by atoms with E-state index in [9.17, 15) is 13.2 Å². The summed E-state index contributed by atoms with van der Waals surface area (Å²) < 4.78 is 25.8. The Kier molecular flexibility index (Phi) is 4.10. The number of carbonyl (C=O) groups is 1. The van der Waals surface area contributed by atoms with Crippen molar-refractivity contribution < 1.29 is 13.2 Å². The van der Waals surface area contributed by atoms with Gasteiger partial charge in [0.2, 0.25) is 5.16 Å². The number of carbonyl (C=O) groups excluding carboxylic acids is 1. The van der Waals surface area contributed by atoms with Crippen molar-refractivity contribution in [1.29, 1.82) is 0 Å². The van der Waals surface area contributed by atoms with Crippen LogP contribution in [0.2, 0.25) is 0 Å². The number of nitrogens with one attached hydrogen (secondary N) is 1. The molecule has 0 bridgehead atoms. The van der Waals surface area contributed by atoms with E-state index in [0.29, 0.717) is 16.7 Å². The van der Waals surface area contributed by atoms with Crippen molar-refractivity contribution in [2.45, 2.75) is 10.1 Å². The van der Waals surface area contributed by atoms with Crippen molar-refractivity contribution in [3.05, 3.63) is 47.3 Å². The minimum atomic E-state index is -3.76. The van der Waals surface area contributed by atoms with Gasteiger partial charge in [-0.15, -0.1) is 16.4 Å². The van der Waals surface area contributed by atoms with Crippen molar-refractivity contribution in [2.75, 3.05) is 12.3 Å². The summed E-state index contributed by atoms with van der Waals surface area (Å²) in [6, 6.07) is 10.1. The minimum absolute atomic E-state index is 0.0721. The van der Waals surface area contributed by atoms with Gasteiger partial charge in [0.15, 0.2) is 5.82 Å². The second-order valence-corrected chi connectivity index (χ2v) is 9.01. The van der Waals surface area contributed by atoms with Crippen molar-refractivity contribution in [3.63, 3.8) is 0 Å². The Morgan fingerprint density at radius 3 is 2.80 bits per heavy atom. The standard InChI is InChI=1S/C15H12N4O3S3/c20-14-10-4-1-2-6-12(10)25(21,22)19(14)7-9-24-15-16-13(17-18-15)11-5-3-8-23-11/h1-6,8H,7,9H2,(H,16,17,18). The highest BCUT2D eigenvalue weighted by Crippen LogP contribution is 2.30. The molecule has 3 heterocycles. The Balaban J connectivity index is 1.44. The van der Waals surface area contributed by atoms with Crippen LogP contribution in [0.4, 0.5) is 0 Å². The summed E-state index contributed by atoms with van der Waals surface area (Å²) >= 11 is 2.85. The van der Waals surface area contributed by atoms with Gasteiger partial charge in [-0.1, -0.05) is 30.0 Å². The molecule has 0 aliphatic carbocycles. The molecule has 1 aliphatic heterocycles. The highest BCUT2D eigenvalue weighted by atomic mass is 32.2. The Morgan fingerprint density at radius 2 is 2.04 bits per heavy atom. The van der Waals surface area contributed by atoms with Gasteiger partial charge in [0.25, 0.3) is 15.9 Å². The number of hydrogen-bond acceptors (Lipinski definition) is 7. The predicted molar refractivity (Wildman–Crippen MR) is 95.1 cm³/mol. The summed E-state index contributed by atoms with van der Waals surface area (Å²) in [4.78, 5) is 17.7. The van der Waals surface area contributed by atoms with Gasteiger partial charge in [0.1, 0.15) is 4.90 Å². The highest BCUT2D eigenvalue weighted by molar-refractivity contribution is 7.99. The smallest absolute Gasteiger partial charge is 0.268 e. The first-order valence-electron chi connectivity index (χ1n) is 7.32. The zero-order valence-corrected chi connectivity index (χ0v) is 15.2. The molecule has 25 heavy (non-hydrogen) atoms. The number of thiophene rings is 1. The first-order chi connectivity index (χ1) is 12.1. The summed E-state index contributed by atoms with van der Waals surface area (Å²) in [5.74, 6) is 0.570. The van der Waals surface area contributed by atoms with Crippen molar-refractivity contribution in [2.24, 2.45) is 0 Å². The SMILES string of the molecule is O=C1c2ccccc2S(=O)(=O)N1CCSc1n[nH]c(-c2cccs2)n1. The number of thioether (sulfide) groups is 1. The molecule has 0 spiro atoms. The van der Waals surface area contributed by atoms with E-state index in [0.717, 1.165) is 9.18 Å². The van der Waals surface area contributed by atoms with Gasteiger partial charge in [-0.05, 0) is 23.6 Å². The average Bonchev–Trinajstić information content (AvgIpc) is 3.32. The number of fused-ring (bicyclic) bond motifs is 1. The monoisotopic (exact) mass is 392 g/mol. The lowest BCUT2D eigenvalue weighted by atomic mass is 10.2. The Morgan fingerprint density at radius 1 is 1.20 bits per heavy atom. The number of H-pyrrole nitrogens is 1. The van der Waals surface area contributed by atoms with E-state index in [-0.39, 0.29) is 17.0 Å². The number of aromatic amines is 1. The van der Waals surface area contributed by atoms with E-state index >= 15 is 0 Å². The van der Waals surface area contributed by atoms with Crippen LogP contribution < -0.4 is 0 Å². The van der Waals surface area contributed by atoms with Gasteiger partial charge in [-0.3, -0.25) is 9.89 Å². The number of aromatic nitrogens is 3. The van der Waals surface area contributed by atoms with Crippen molar-refractivity contribution in [3.8, 4) is 10.7 Å². The fourth-order valence-electron chi connectivity index (χ4n) is 2.51. The third kappa shape index (κ3) is 2.86. The molecule has 1 aromatic carbocycles. The van der Waals surface area contributed by atoms with Crippen LogP contribution in [0.5, 0.6) is 0 Å². The van der Waals surface area contributed by atoms with Crippen LogP contribution >= 0.6 is 23.1 Å². The number of sulfonamides is 1. The minimum Gasteiger partial charge on any atom is -0.268 e. The quantitative estimate of drug-likeness (QED) is 0.670. The molecule has 0 saturated heterocycles. The van der Waals surface area contributed by atoms with E-state index in [1.165, 1.54) is 23.9 Å². The third-order valence-electron chi connectivity index (χ3n) is 3.66. The Hall–Kier alpha value is -2.17. The largest absolute Gasteiger partial charge is 0.269 e. The number of hydrogen-bond donors (Lipinski definition) is 1. The van der Waals surface area contributed by atoms with Crippen LogP contribution in [-0.4, -0.2) is 46.1 Å². The third-order valence-corrected chi connectivity index (χ3v) is 7.20. The van der Waals surface area contributed by atoms with E-state index in [4.69, 9.17) is 0 Å². The molecule has 7 nitrogen and oxygen atoms in total. The average molecular weight is 392 g/mol. The molecule has 3 aromatic rings. The van der Waals surface area contributed by atoms with Gasteiger partial charge in [-0.25, -0.2) is 17.7 Å². The fraction of sp³-hybridized carbons (Fsp3) is 0.133. The van der Waals surface area contributed by atoms with Gasteiger partial charge in [0.05, 0.1) is 10.4 Å². The molecule has 0 saturated carbocycles. The maximum atomic E-state index is 12.5. The van der Waals surface area contributed by atoms with E-state index < -0.39 is 15.9 Å². The lowest BCUT2D eigenvalue weighted by molar-refractivity contribution is 0.0876. The van der Waals surface area contributed by atoms with Crippen LogP contribution in [0, 0.1) is 0 Å². The highest BCUT2D eigenvalue weighted by Gasteiger charge is 2.40. The van der Waals surface area contributed by atoms with Gasteiger partial charge < -0.3 is 0 Å². The molecule has 0 radical (unpaired) electrons. The molecule has 0 unspecified atom stereocenters. The number of amides is 1. The second kappa shape index (κ2) is 6.28. The lowest BCUT2D eigenvalue weighted by Gasteiger charge is -2.13. The van der Waals surface area contributed by atoms with Crippen LogP contribution in [-0.2, 0) is 10.0 Å². The van der Waals surface area contributed by atoms with Crippen LogP contribution in [0.25, 0.3) is 10.7 Å². The maximum absolute atomic E-state index is 12.5. The predicted octanol–water partition coefficient (Wildman–Crippen LogP) is 2.47. The Labute approximate surface area is 152 Å². The molecule has 0 atom stereocenters. The van der Waals surface area contributed by atoms with Gasteiger partial charge in [0, 0.05) is 12.3 Å². The second-order valence-electron chi connectivity index (χ2n) is 5.17. The molecular weight excluding hydrogens is 380 g/mol. The molecule has 1 aliphatic rings. The maximum Gasteiger partial charge on any atom is 0.269 e. The summed E-state index contributed by atoms with van der Waals surface area (Å²) in [5, 5.41) is 9.44. The molecule has 128 valence electrons. The first-order valence-corrected chi connectivity index (χ1v) is 10.6. The van der Waals surface area contributed by atoms with E-state index in [1.807, 2.05) is 17.5 Å². The number of benzene rings is 1. The van der Waals surface area contributed by atoms with Crippen molar-refractivity contribution in [1.82, 2.24) is 19.5 Å². The molecule has 10 heteroatoms. The van der Waals surface area contributed by atoms with Crippen LogP contribution in [0.1, 0.15) is 10.4 Å². The Bertz CT molecular complexity index is 1030. The van der Waals surface area contributed by atoms with Crippen molar-refractivity contribution >= 4 is 39.0 Å². The summed E-state index contributed by atoms with van der Waals surface area (Å²) in [6.45, 7) is 0.0728. The summed E-state index contributed by atoms with van der Waals surface area (Å²) in [5.41, 5.74) is 0.227. The summed E-state index contributed by atoms with van der Waals surface area (Å²) in [6.07, 6.45) is 0. The number of rotatable bonds is 5. The molecule has 0 fully saturated rings. The molecular formula is C15H12N4O3S3. The zero-order valence-electron chi connectivity index (χ0n) is 12.7. The first kappa shape index (κ1) is 16.3. The van der Waals surface area contributed by atoms with Gasteiger partial charge >= 0.3 is 0 Å². The lowest BCUT2D eigenvalue weighted by Crippen LogP contribution is -2.32. The molecule has 1 N–H and O–H groups in total.